The zero-order valence-corrected chi connectivity index (χ0v) is 14.0. The van der Waals surface area contributed by atoms with Gasteiger partial charge in [0.15, 0.2) is 11.5 Å². The highest BCUT2D eigenvalue weighted by Gasteiger charge is 2.21. The van der Waals surface area contributed by atoms with Gasteiger partial charge in [-0.25, -0.2) is 5.43 Å². The molecule has 8 nitrogen and oxygen atoms in total. The third-order valence-electron chi connectivity index (χ3n) is 3.96. The Morgan fingerprint density at radius 3 is 2.54 bits per heavy atom. The molecule has 0 aromatic heterocycles. The lowest BCUT2D eigenvalue weighted by Crippen LogP contribution is -2.31. The number of phenols is 3. The summed E-state index contributed by atoms with van der Waals surface area (Å²) < 4.78 is 0. The van der Waals surface area contributed by atoms with Gasteiger partial charge in [0.2, 0.25) is 5.91 Å². The van der Waals surface area contributed by atoms with Crippen LogP contribution in [-0.4, -0.2) is 33.2 Å². The van der Waals surface area contributed by atoms with Gasteiger partial charge < -0.3 is 15.3 Å². The van der Waals surface area contributed by atoms with E-state index in [0.29, 0.717) is 12.1 Å². The highest BCUT2D eigenvalue weighted by atomic mass is 16.3. The Labute approximate surface area is 149 Å². The molecule has 0 saturated carbocycles. The number of hydrogen-bond acceptors (Lipinski definition) is 7. The van der Waals surface area contributed by atoms with E-state index in [0.717, 1.165) is 17.3 Å². The summed E-state index contributed by atoms with van der Waals surface area (Å²) in [6.45, 7) is 1.95. The van der Waals surface area contributed by atoms with Crippen LogP contribution in [-0.2, 0) is 4.79 Å². The number of carbonyl (C=O) groups is 1. The van der Waals surface area contributed by atoms with Crippen molar-refractivity contribution in [3.63, 3.8) is 0 Å². The molecule has 1 heterocycles. The number of hydrazone groups is 2. The first-order chi connectivity index (χ1) is 12.4. The van der Waals surface area contributed by atoms with Crippen molar-refractivity contribution in [3.05, 3.63) is 47.5 Å². The number of hydrogen-bond donors (Lipinski definition) is 5. The quantitative estimate of drug-likeness (QED) is 0.249. The Morgan fingerprint density at radius 2 is 1.85 bits per heavy atom. The fraction of sp³-hybridized carbons (Fsp3) is 0.167. The molecule has 1 aliphatic heterocycles. The van der Waals surface area contributed by atoms with Gasteiger partial charge in [0.25, 0.3) is 0 Å². The summed E-state index contributed by atoms with van der Waals surface area (Å²) in [6, 6.07) is 9.61. The number of nitrogens with one attached hydrogen (secondary N) is 2. The summed E-state index contributed by atoms with van der Waals surface area (Å²) in [4.78, 5) is 11.3. The molecule has 1 aliphatic rings. The first-order valence-electron chi connectivity index (χ1n) is 7.95. The van der Waals surface area contributed by atoms with Crippen LogP contribution in [0.3, 0.4) is 0 Å². The van der Waals surface area contributed by atoms with E-state index in [1.165, 1.54) is 12.3 Å². The maximum absolute atomic E-state index is 11.3. The zero-order valence-electron chi connectivity index (χ0n) is 14.0. The molecule has 134 valence electrons. The first kappa shape index (κ1) is 17.3. The molecule has 5 N–H and O–H groups in total. The van der Waals surface area contributed by atoms with E-state index >= 15 is 0 Å². The summed E-state index contributed by atoms with van der Waals surface area (Å²) in [7, 11) is 0. The normalized spacial score (nSPS) is 17.0. The molecule has 0 fully saturated rings. The third kappa shape index (κ3) is 3.75. The fourth-order valence-corrected chi connectivity index (χ4v) is 2.58. The van der Waals surface area contributed by atoms with Crippen molar-refractivity contribution in [1.29, 1.82) is 0 Å². The van der Waals surface area contributed by atoms with Gasteiger partial charge in [0.1, 0.15) is 5.75 Å². The number of carbonyl (C=O) groups excluding carboxylic acids is 1. The molecule has 1 amide bonds. The van der Waals surface area contributed by atoms with Gasteiger partial charge in [0, 0.05) is 24.0 Å². The molecule has 0 aliphatic carbocycles. The van der Waals surface area contributed by atoms with Crippen molar-refractivity contribution in [2.45, 2.75) is 13.3 Å². The van der Waals surface area contributed by atoms with E-state index in [1.54, 1.807) is 0 Å². The van der Waals surface area contributed by atoms with Crippen molar-refractivity contribution in [2.24, 2.45) is 16.1 Å². The molecule has 8 heteroatoms. The van der Waals surface area contributed by atoms with Crippen LogP contribution in [0.2, 0.25) is 0 Å². The van der Waals surface area contributed by atoms with Crippen LogP contribution in [0.1, 0.15) is 24.5 Å². The summed E-state index contributed by atoms with van der Waals surface area (Å²) in [5.74, 6) is -0.988. The van der Waals surface area contributed by atoms with E-state index in [4.69, 9.17) is 0 Å². The van der Waals surface area contributed by atoms with Gasteiger partial charge in [-0.3, -0.25) is 10.2 Å². The lowest BCUT2D eigenvalue weighted by atomic mass is 9.94. The summed E-state index contributed by atoms with van der Waals surface area (Å²) in [6.07, 6.45) is 1.73. The molecule has 2 aromatic carbocycles. The topological polar surface area (TPSA) is 127 Å². The Morgan fingerprint density at radius 1 is 1.15 bits per heavy atom. The molecule has 0 bridgehead atoms. The third-order valence-corrected chi connectivity index (χ3v) is 3.96. The van der Waals surface area contributed by atoms with Gasteiger partial charge in [-0.2, -0.15) is 10.2 Å². The monoisotopic (exact) mass is 354 g/mol. The van der Waals surface area contributed by atoms with E-state index in [-0.39, 0.29) is 28.9 Å². The van der Waals surface area contributed by atoms with Gasteiger partial charge >= 0.3 is 0 Å². The molecular weight excluding hydrogens is 336 g/mol. The highest BCUT2D eigenvalue weighted by Crippen LogP contribution is 2.31. The molecule has 0 radical (unpaired) electrons. The van der Waals surface area contributed by atoms with Crippen molar-refractivity contribution < 1.29 is 20.1 Å². The smallest absolute Gasteiger partial charge is 0.240 e. The fourth-order valence-electron chi connectivity index (χ4n) is 2.58. The largest absolute Gasteiger partial charge is 0.507 e. The summed E-state index contributed by atoms with van der Waals surface area (Å²) >= 11 is 0. The zero-order chi connectivity index (χ0) is 18.7. The number of nitrogens with zero attached hydrogens (tertiary/aromatic N) is 2. The van der Waals surface area contributed by atoms with Crippen molar-refractivity contribution in [2.75, 3.05) is 5.43 Å². The molecule has 1 atom stereocenters. The lowest BCUT2D eigenvalue weighted by Gasteiger charge is -2.19. The summed E-state index contributed by atoms with van der Waals surface area (Å²) in [5.41, 5.74) is 7.99. The van der Waals surface area contributed by atoms with Gasteiger partial charge in [-0.1, -0.05) is 19.1 Å². The second-order valence-corrected chi connectivity index (χ2v) is 5.98. The maximum atomic E-state index is 11.3. The maximum Gasteiger partial charge on any atom is 0.240 e. The van der Waals surface area contributed by atoms with E-state index in [9.17, 15) is 20.1 Å². The van der Waals surface area contributed by atoms with Crippen LogP contribution in [0.4, 0.5) is 5.69 Å². The minimum atomic E-state index is -0.403. The number of benzene rings is 2. The molecule has 0 saturated heterocycles. The SMILES string of the molecule is CC1CC(=O)NN=C1c1ccc(N/N=C/c2cc(O)c(O)cc2O)cc1. The number of aromatic hydroxyl groups is 3. The minimum absolute atomic E-state index is 0.0470. The highest BCUT2D eigenvalue weighted by molar-refractivity contribution is 6.05. The van der Waals surface area contributed by atoms with Crippen molar-refractivity contribution in [1.82, 2.24) is 5.43 Å². The predicted molar refractivity (Wildman–Crippen MR) is 97.6 cm³/mol. The molecular formula is C18H18N4O4. The van der Waals surface area contributed by atoms with Crippen LogP contribution in [0.15, 0.2) is 46.6 Å². The molecule has 3 rings (SSSR count). The predicted octanol–water partition coefficient (Wildman–Crippen LogP) is 2.11. The minimum Gasteiger partial charge on any atom is -0.507 e. The van der Waals surface area contributed by atoms with E-state index in [2.05, 4.69) is 21.1 Å². The average molecular weight is 354 g/mol. The van der Waals surface area contributed by atoms with Crippen LogP contribution in [0.25, 0.3) is 0 Å². The van der Waals surface area contributed by atoms with Gasteiger partial charge in [-0.05, 0) is 23.8 Å². The average Bonchev–Trinajstić information content (AvgIpc) is 2.60. The molecule has 1 unspecified atom stereocenters. The molecule has 0 spiro atoms. The van der Waals surface area contributed by atoms with Gasteiger partial charge in [-0.15, -0.1) is 0 Å². The first-order valence-corrected chi connectivity index (χ1v) is 7.95. The number of amides is 1. The van der Waals surface area contributed by atoms with E-state index in [1.807, 2.05) is 31.2 Å². The summed E-state index contributed by atoms with van der Waals surface area (Å²) in [5, 5.41) is 36.6. The Hall–Kier alpha value is -3.55. The standard InChI is InChI=1S/C18H18N4O4/c1-10-6-17(26)21-22-18(10)11-2-4-13(5-3-11)20-19-9-12-7-15(24)16(25)8-14(12)23/h2-5,7-10,20,23-25H,6H2,1H3,(H,21,26)/b19-9+. The van der Waals surface area contributed by atoms with Crippen LogP contribution in [0, 0.1) is 5.92 Å². The van der Waals surface area contributed by atoms with Crippen LogP contribution >= 0.6 is 0 Å². The number of rotatable bonds is 4. The Kier molecular flexibility index (Phi) is 4.74. The Balaban J connectivity index is 1.68. The van der Waals surface area contributed by atoms with Crippen molar-refractivity contribution >= 4 is 23.5 Å². The van der Waals surface area contributed by atoms with Crippen LogP contribution in [0.5, 0.6) is 17.2 Å². The molecule has 26 heavy (non-hydrogen) atoms. The second-order valence-electron chi connectivity index (χ2n) is 5.98. The number of phenolic OH excluding ortho intramolecular Hbond substituents is 3. The lowest BCUT2D eigenvalue weighted by molar-refractivity contribution is -0.121. The van der Waals surface area contributed by atoms with Crippen molar-refractivity contribution in [3.8, 4) is 17.2 Å². The number of anilines is 1. The second kappa shape index (κ2) is 7.14. The van der Waals surface area contributed by atoms with Gasteiger partial charge in [0.05, 0.1) is 17.6 Å². The Bertz CT molecular complexity index is 891. The van der Waals surface area contributed by atoms with E-state index < -0.39 is 5.75 Å². The molecule has 2 aromatic rings. The van der Waals surface area contributed by atoms with Crippen LogP contribution < -0.4 is 10.9 Å².